The maximum absolute atomic E-state index is 6.45. The topological polar surface area (TPSA) is 74.7 Å². The van der Waals surface area contributed by atoms with Crippen molar-refractivity contribution in [1.82, 2.24) is 9.66 Å². The molecule has 0 saturated carbocycles. The van der Waals surface area contributed by atoms with Crippen molar-refractivity contribution in [3.8, 4) is 11.5 Å². The summed E-state index contributed by atoms with van der Waals surface area (Å²) >= 11 is 12.6. The lowest BCUT2D eigenvalue weighted by molar-refractivity contribution is 0.269. The van der Waals surface area contributed by atoms with E-state index in [2.05, 4.69) is 10.1 Å². The highest BCUT2D eigenvalue weighted by molar-refractivity contribution is 6.32. The number of hydrogen-bond acceptors (Lipinski definition) is 5. The minimum absolute atomic E-state index is 0.276. The van der Waals surface area contributed by atoms with Crippen LogP contribution in [0.2, 0.25) is 10.0 Å². The Morgan fingerprint density at radius 2 is 1.96 bits per heavy atom. The molecular weight excluding hydrogens is 399 g/mol. The van der Waals surface area contributed by atoms with E-state index in [1.54, 1.807) is 24.5 Å². The third-order valence-electron chi connectivity index (χ3n) is 3.83. The predicted molar refractivity (Wildman–Crippen MR) is 113 cm³/mol. The smallest absolute Gasteiger partial charge is 0.221 e. The molecule has 2 aromatic carbocycles. The second-order valence-electron chi connectivity index (χ2n) is 5.97. The lowest BCUT2D eigenvalue weighted by atomic mass is 10.2. The molecule has 28 heavy (non-hydrogen) atoms. The van der Waals surface area contributed by atoms with E-state index in [4.69, 9.17) is 38.4 Å². The molecule has 8 heteroatoms. The zero-order valence-corrected chi connectivity index (χ0v) is 17.0. The molecule has 3 aromatic rings. The molecule has 3 rings (SSSR count). The number of nitrogens with two attached hydrogens (primary N) is 1. The molecular formula is C20H20Cl2N4O2. The van der Waals surface area contributed by atoms with Gasteiger partial charge in [0.2, 0.25) is 5.95 Å². The van der Waals surface area contributed by atoms with Crippen molar-refractivity contribution < 1.29 is 9.47 Å². The average Bonchev–Trinajstić information content (AvgIpc) is 2.98. The van der Waals surface area contributed by atoms with Crippen molar-refractivity contribution in [3.63, 3.8) is 0 Å². The van der Waals surface area contributed by atoms with Gasteiger partial charge in [-0.05, 0) is 37.6 Å². The molecule has 1 heterocycles. The van der Waals surface area contributed by atoms with E-state index < -0.39 is 0 Å². The van der Waals surface area contributed by atoms with E-state index in [0.29, 0.717) is 34.1 Å². The summed E-state index contributed by atoms with van der Waals surface area (Å²) in [7, 11) is 0. The van der Waals surface area contributed by atoms with Gasteiger partial charge >= 0.3 is 0 Å². The standard InChI is InChI=1S/C20H20Cl2N4O2/c1-3-27-18-9-14(10-24-26-11-13(2)25-20(26)23)8-17(22)19(18)28-12-15-6-4-5-7-16(15)21/h4-11H,3,12H2,1-2H3,(H2,23,25). The molecule has 1 aromatic heterocycles. The monoisotopic (exact) mass is 418 g/mol. The second kappa shape index (κ2) is 8.99. The van der Waals surface area contributed by atoms with Gasteiger partial charge in [-0.3, -0.25) is 0 Å². The highest BCUT2D eigenvalue weighted by Crippen LogP contribution is 2.37. The van der Waals surface area contributed by atoms with E-state index in [1.807, 2.05) is 38.1 Å². The molecule has 0 bridgehead atoms. The number of rotatable bonds is 7. The van der Waals surface area contributed by atoms with Crippen LogP contribution in [0.3, 0.4) is 0 Å². The van der Waals surface area contributed by atoms with Crippen LogP contribution in [-0.2, 0) is 6.61 Å². The van der Waals surface area contributed by atoms with Crippen LogP contribution in [0.1, 0.15) is 23.7 Å². The highest BCUT2D eigenvalue weighted by Gasteiger charge is 2.13. The van der Waals surface area contributed by atoms with Gasteiger partial charge in [0.15, 0.2) is 11.5 Å². The van der Waals surface area contributed by atoms with Crippen LogP contribution in [0.5, 0.6) is 11.5 Å². The average molecular weight is 419 g/mol. The number of nitrogens with zero attached hydrogens (tertiary/aromatic N) is 3. The van der Waals surface area contributed by atoms with E-state index >= 15 is 0 Å². The molecule has 0 atom stereocenters. The zero-order chi connectivity index (χ0) is 20.1. The van der Waals surface area contributed by atoms with Crippen LogP contribution in [0.25, 0.3) is 0 Å². The molecule has 2 N–H and O–H groups in total. The number of nitrogen functional groups attached to an aromatic ring is 1. The Labute approximate surface area is 173 Å². The lowest BCUT2D eigenvalue weighted by Gasteiger charge is -2.15. The second-order valence-corrected chi connectivity index (χ2v) is 6.79. The largest absolute Gasteiger partial charge is 0.490 e. The minimum Gasteiger partial charge on any atom is -0.490 e. The number of ether oxygens (including phenoxy) is 2. The van der Waals surface area contributed by atoms with Gasteiger partial charge in [-0.2, -0.15) is 5.10 Å². The Kier molecular flexibility index (Phi) is 6.44. The molecule has 0 aliphatic heterocycles. The summed E-state index contributed by atoms with van der Waals surface area (Å²) < 4.78 is 13.1. The molecule has 146 valence electrons. The van der Waals surface area contributed by atoms with Crippen molar-refractivity contribution in [3.05, 3.63) is 69.5 Å². The predicted octanol–water partition coefficient (Wildman–Crippen LogP) is 4.94. The maximum atomic E-state index is 6.45. The summed E-state index contributed by atoms with van der Waals surface area (Å²) in [6, 6.07) is 11.0. The molecule has 0 amide bonds. The van der Waals surface area contributed by atoms with Crippen molar-refractivity contribution in [2.45, 2.75) is 20.5 Å². The first-order chi connectivity index (χ1) is 13.5. The number of imidazole rings is 1. The summed E-state index contributed by atoms with van der Waals surface area (Å²) in [4.78, 5) is 4.11. The number of aryl methyl sites for hydroxylation is 1. The fourth-order valence-corrected chi connectivity index (χ4v) is 3.02. The Hall–Kier alpha value is -2.70. The first-order valence-electron chi connectivity index (χ1n) is 8.66. The van der Waals surface area contributed by atoms with E-state index in [0.717, 1.165) is 16.8 Å². The van der Waals surface area contributed by atoms with Gasteiger partial charge in [-0.25, -0.2) is 9.66 Å². The highest BCUT2D eigenvalue weighted by atomic mass is 35.5. The number of halogens is 2. The van der Waals surface area contributed by atoms with Crippen molar-refractivity contribution >= 4 is 35.4 Å². The minimum atomic E-state index is 0.276. The van der Waals surface area contributed by atoms with Crippen LogP contribution in [0, 0.1) is 6.92 Å². The van der Waals surface area contributed by atoms with Crippen LogP contribution in [0.4, 0.5) is 5.95 Å². The normalized spacial score (nSPS) is 11.1. The lowest BCUT2D eigenvalue weighted by Crippen LogP contribution is -2.02. The summed E-state index contributed by atoms with van der Waals surface area (Å²) in [6.45, 7) is 4.48. The number of benzene rings is 2. The van der Waals surface area contributed by atoms with Gasteiger partial charge in [0.1, 0.15) is 6.61 Å². The zero-order valence-electron chi connectivity index (χ0n) is 15.5. The molecule has 0 aliphatic rings. The van der Waals surface area contributed by atoms with Crippen molar-refractivity contribution in [2.24, 2.45) is 5.10 Å². The Bertz CT molecular complexity index is 1000. The van der Waals surface area contributed by atoms with Gasteiger partial charge < -0.3 is 15.2 Å². The summed E-state index contributed by atoms with van der Waals surface area (Å²) in [5.74, 6) is 1.29. The number of hydrogen-bond donors (Lipinski definition) is 1. The van der Waals surface area contributed by atoms with Gasteiger partial charge in [0, 0.05) is 10.6 Å². The molecule has 0 saturated heterocycles. The third-order valence-corrected chi connectivity index (χ3v) is 4.48. The van der Waals surface area contributed by atoms with E-state index in [1.165, 1.54) is 4.68 Å². The molecule has 0 fully saturated rings. The summed E-state index contributed by atoms with van der Waals surface area (Å²) in [6.07, 6.45) is 3.36. The van der Waals surface area contributed by atoms with Crippen LogP contribution < -0.4 is 15.2 Å². The van der Waals surface area contributed by atoms with E-state index in [9.17, 15) is 0 Å². The van der Waals surface area contributed by atoms with Crippen molar-refractivity contribution in [2.75, 3.05) is 12.3 Å². The summed E-state index contributed by atoms with van der Waals surface area (Å²) in [5, 5.41) is 5.35. The van der Waals surface area contributed by atoms with Gasteiger partial charge in [0.05, 0.1) is 29.7 Å². The van der Waals surface area contributed by atoms with Crippen molar-refractivity contribution in [1.29, 1.82) is 0 Å². The fraction of sp³-hybridized carbons (Fsp3) is 0.200. The molecule has 0 radical (unpaired) electrons. The third kappa shape index (κ3) is 4.77. The first-order valence-corrected chi connectivity index (χ1v) is 9.42. The van der Waals surface area contributed by atoms with Gasteiger partial charge in [0.25, 0.3) is 0 Å². The molecule has 0 spiro atoms. The van der Waals surface area contributed by atoms with E-state index in [-0.39, 0.29) is 6.61 Å². The fourth-order valence-electron chi connectivity index (χ4n) is 2.56. The molecule has 0 aliphatic carbocycles. The SMILES string of the molecule is CCOc1cc(C=Nn2cc(C)nc2N)cc(Cl)c1OCc1ccccc1Cl. The Morgan fingerprint density at radius 1 is 1.18 bits per heavy atom. The Balaban J connectivity index is 1.85. The Morgan fingerprint density at radius 3 is 2.64 bits per heavy atom. The first kappa shape index (κ1) is 20.0. The van der Waals surface area contributed by atoms with Gasteiger partial charge in [-0.15, -0.1) is 0 Å². The van der Waals surface area contributed by atoms with Crippen LogP contribution in [-0.4, -0.2) is 22.5 Å². The maximum Gasteiger partial charge on any atom is 0.221 e. The van der Waals surface area contributed by atoms with Crippen LogP contribution >= 0.6 is 23.2 Å². The molecule has 6 nitrogen and oxygen atoms in total. The molecule has 0 unspecified atom stereocenters. The summed E-state index contributed by atoms with van der Waals surface area (Å²) in [5.41, 5.74) is 8.18. The number of aromatic nitrogens is 2. The van der Waals surface area contributed by atoms with Crippen LogP contribution in [0.15, 0.2) is 47.7 Å². The number of anilines is 1. The quantitative estimate of drug-likeness (QED) is 0.551. The van der Waals surface area contributed by atoms with Gasteiger partial charge in [-0.1, -0.05) is 41.4 Å².